The number of imidazole rings is 1. The molecule has 6 nitrogen and oxygen atoms in total. The molecule has 5 atom stereocenters. The maximum Gasteiger partial charge on any atom is 0.309 e. The molecule has 2 heterocycles. The number of carboxylic acid groups (broad SMARTS) is 1. The van der Waals surface area contributed by atoms with E-state index < -0.39 is 24.1 Å². The van der Waals surface area contributed by atoms with Crippen molar-refractivity contribution in [3.63, 3.8) is 0 Å². The Balaban J connectivity index is 1.57. The lowest BCUT2D eigenvalue weighted by Crippen LogP contribution is -2.45. The number of alkyl halides is 1. The number of halogens is 1. The lowest BCUT2D eigenvalue weighted by Gasteiger charge is -2.30. The van der Waals surface area contributed by atoms with Crippen molar-refractivity contribution < 1.29 is 19.1 Å². The van der Waals surface area contributed by atoms with E-state index in [1.807, 2.05) is 30.3 Å². The first-order valence-electron chi connectivity index (χ1n) is 8.77. The summed E-state index contributed by atoms with van der Waals surface area (Å²) in [6.45, 7) is 0.320. The number of H-pyrrole nitrogens is 1. The number of benzene rings is 1. The van der Waals surface area contributed by atoms with Crippen LogP contribution in [-0.2, 0) is 9.59 Å². The number of carboxylic acids is 1. The van der Waals surface area contributed by atoms with Crippen LogP contribution >= 0.6 is 0 Å². The number of aromatic nitrogens is 2. The largest absolute Gasteiger partial charge is 0.481 e. The minimum absolute atomic E-state index is 0.125. The lowest BCUT2D eigenvalue weighted by molar-refractivity contribution is -0.143. The molecule has 2 bridgehead atoms. The van der Waals surface area contributed by atoms with Crippen LogP contribution < -0.4 is 0 Å². The van der Waals surface area contributed by atoms with Crippen LogP contribution in [0.4, 0.5) is 4.39 Å². The van der Waals surface area contributed by atoms with E-state index in [2.05, 4.69) is 9.97 Å². The number of hydrogen-bond acceptors (Lipinski definition) is 3. The number of aliphatic carboxylic acids is 1. The first-order chi connectivity index (χ1) is 12.6. The molecule has 1 aromatic carbocycles. The number of hydrogen-bond donors (Lipinski definition) is 2. The Kier molecular flexibility index (Phi) is 4.22. The number of rotatable bonds is 5. The second-order valence-electron chi connectivity index (χ2n) is 7.05. The number of likely N-dealkylation sites (tertiary alicyclic amines) is 1. The summed E-state index contributed by atoms with van der Waals surface area (Å²) >= 11 is 0. The number of fused-ring (bicyclic) bond motifs is 2. The highest BCUT2D eigenvalue weighted by molar-refractivity contribution is 5.81. The van der Waals surface area contributed by atoms with Crippen molar-refractivity contribution in [2.45, 2.75) is 31.0 Å². The molecule has 1 aliphatic carbocycles. The maximum atomic E-state index is 14.3. The zero-order valence-corrected chi connectivity index (χ0v) is 14.1. The van der Waals surface area contributed by atoms with Gasteiger partial charge in [-0.1, -0.05) is 30.3 Å². The number of aromatic amines is 1. The molecule has 2 fully saturated rings. The zero-order valence-electron chi connectivity index (χ0n) is 14.1. The molecule has 1 aromatic heterocycles. The van der Waals surface area contributed by atoms with Crippen LogP contribution in [0.15, 0.2) is 42.7 Å². The van der Waals surface area contributed by atoms with Gasteiger partial charge in [0.2, 0.25) is 5.91 Å². The third-order valence-corrected chi connectivity index (χ3v) is 5.60. The molecule has 2 aliphatic rings. The van der Waals surface area contributed by atoms with Crippen LogP contribution in [0.2, 0.25) is 0 Å². The van der Waals surface area contributed by atoms with Crippen molar-refractivity contribution in [3.05, 3.63) is 54.1 Å². The molecular weight excluding hydrogens is 337 g/mol. The van der Waals surface area contributed by atoms with Gasteiger partial charge in [0, 0.05) is 25.4 Å². The third-order valence-electron chi connectivity index (χ3n) is 5.60. The molecule has 2 aromatic rings. The van der Waals surface area contributed by atoms with E-state index in [9.17, 15) is 19.1 Å². The van der Waals surface area contributed by atoms with Crippen molar-refractivity contribution in [1.82, 2.24) is 14.9 Å². The standard InChI is InChI=1S/C19H20FN3O3/c20-14-8-12-10-23(17(14)16(12)19(25)26)15(24)9-13(18-21-6-7-22-18)11-4-2-1-3-5-11/h1-7,12-14,16-17H,8-10H2,(H,21,22)(H,25,26)/t12-,13?,14-,16-,17-/m1/s1. The summed E-state index contributed by atoms with van der Waals surface area (Å²) in [6.07, 6.45) is 2.42. The molecule has 1 saturated carbocycles. The normalized spacial score (nSPS) is 28.3. The molecule has 1 unspecified atom stereocenters. The highest BCUT2D eigenvalue weighted by atomic mass is 19.1. The molecule has 1 aliphatic heterocycles. The molecule has 136 valence electrons. The predicted octanol–water partition coefficient (Wildman–Crippen LogP) is 2.20. The van der Waals surface area contributed by atoms with Gasteiger partial charge in [-0.05, 0) is 17.9 Å². The molecule has 2 N–H and O–H groups in total. The summed E-state index contributed by atoms with van der Waals surface area (Å²) in [4.78, 5) is 33.2. The smallest absolute Gasteiger partial charge is 0.309 e. The average Bonchev–Trinajstić information content (AvgIpc) is 3.34. The Morgan fingerprint density at radius 3 is 2.73 bits per heavy atom. The number of carbonyl (C=O) groups is 2. The summed E-state index contributed by atoms with van der Waals surface area (Å²) in [5, 5.41) is 9.40. The first kappa shape index (κ1) is 16.8. The number of nitrogens with one attached hydrogen (secondary N) is 1. The van der Waals surface area contributed by atoms with Gasteiger partial charge in [0.1, 0.15) is 12.0 Å². The highest BCUT2D eigenvalue weighted by Crippen LogP contribution is 2.45. The van der Waals surface area contributed by atoms with Crippen LogP contribution in [0.25, 0.3) is 0 Å². The van der Waals surface area contributed by atoms with Crippen LogP contribution in [-0.4, -0.2) is 50.6 Å². The summed E-state index contributed by atoms with van der Waals surface area (Å²) < 4.78 is 14.3. The van der Waals surface area contributed by atoms with E-state index in [4.69, 9.17) is 0 Å². The predicted molar refractivity (Wildman–Crippen MR) is 91.1 cm³/mol. The van der Waals surface area contributed by atoms with Crippen molar-refractivity contribution in [2.75, 3.05) is 6.54 Å². The Morgan fingerprint density at radius 1 is 1.35 bits per heavy atom. The fourth-order valence-corrected chi connectivity index (χ4v) is 4.46. The van der Waals surface area contributed by atoms with Crippen molar-refractivity contribution in [1.29, 1.82) is 0 Å². The molecule has 4 rings (SSSR count). The van der Waals surface area contributed by atoms with Crippen molar-refractivity contribution in [2.24, 2.45) is 11.8 Å². The first-order valence-corrected chi connectivity index (χ1v) is 8.77. The molecule has 7 heteroatoms. The Hall–Kier alpha value is -2.70. The second kappa shape index (κ2) is 6.55. The SMILES string of the molecule is O=C(O)[C@@H]1[C@@H]2C[C@@H](F)[C@H]1N(C(=O)CC(c1ccccc1)c1ncc[nH]1)C2. The van der Waals surface area contributed by atoms with Gasteiger partial charge in [0.05, 0.1) is 17.9 Å². The van der Waals surface area contributed by atoms with E-state index in [1.54, 1.807) is 12.4 Å². The minimum atomic E-state index is -1.27. The highest BCUT2D eigenvalue weighted by Gasteiger charge is 2.57. The lowest BCUT2D eigenvalue weighted by atomic mass is 9.94. The minimum Gasteiger partial charge on any atom is -0.481 e. The zero-order chi connectivity index (χ0) is 18.3. The summed E-state index contributed by atoms with van der Waals surface area (Å²) in [5.41, 5.74) is 0.937. The van der Waals surface area contributed by atoms with Crippen LogP contribution in [0.3, 0.4) is 0 Å². The van der Waals surface area contributed by atoms with Gasteiger partial charge in [-0.3, -0.25) is 9.59 Å². The van der Waals surface area contributed by atoms with Gasteiger partial charge in [0.15, 0.2) is 0 Å². The van der Waals surface area contributed by atoms with E-state index >= 15 is 0 Å². The van der Waals surface area contributed by atoms with Gasteiger partial charge in [0.25, 0.3) is 0 Å². The summed E-state index contributed by atoms with van der Waals surface area (Å²) in [7, 11) is 0. The summed E-state index contributed by atoms with van der Waals surface area (Å²) in [5.74, 6) is -1.94. The molecule has 1 saturated heterocycles. The van der Waals surface area contributed by atoms with Crippen LogP contribution in [0.5, 0.6) is 0 Å². The molecule has 0 radical (unpaired) electrons. The summed E-state index contributed by atoms with van der Waals surface area (Å²) in [6, 6.07) is 8.69. The van der Waals surface area contributed by atoms with Crippen LogP contribution in [0, 0.1) is 11.8 Å². The molecule has 0 spiro atoms. The molecule has 26 heavy (non-hydrogen) atoms. The molecule has 1 amide bonds. The fourth-order valence-electron chi connectivity index (χ4n) is 4.46. The maximum absolute atomic E-state index is 14.3. The van der Waals surface area contributed by atoms with E-state index in [1.165, 1.54) is 4.90 Å². The van der Waals surface area contributed by atoms with Gasteiger partial charge < -0.3 is 15.0 Å². The average molecular weight is 357 g/mol. The van der Waals surface area contributed by atoms with E-state index in [0.717, 1.165) is 5.56 Å². The number of piperidine rings is 1. The third kappa shape index (κ3) is 2.77. The van der Waals surface area contributed by atoms with Gasteiger partial charge in [-0.15, -0.1) is 0 Å². The Morgan fingerprint density at radius 2 is 2.12 bits per heavy atom. The van der Waals surface area contributed by atoms with Crippen molar-refractivity contribution >= 4 is 11.9 Å². The number of amides is 1. The Labute approximate surface area is 150 Å². The molecular formula is C19H20FN3O3. The van der Waals surface area contributed by atoms with Gasteiger partial charge in [-0.2, -0.15) is 0 Å². The van der Waals surface area contributed by atoms with Gasteiger partial charge >= 0.3 is 5.97 Å². The van der Waals surface area contributed by atoms with Gasteiger partial charge in [-0.25, -0.2) is 9.37 Å². The monoisotopic (exact) mass is 357 g/mol. The van der Waals surface area contributed by atoms with E-state index in [0.29, 0.717) is 12.4 Å². The van der Waals surface area contributed by atoms with Crippen LogP contribution in [0.1, 0.15) is 30.1 Å². The second-order valence-corrected chi connectivity index (χ2v) is 7.05. The topological polar surface area (TPSA) is 86.3 Å². The van der Waals surface area contributed by atoms with Crippen molar-refractivity contribution in [3.8, 4) is 0 Å². The fraction of sp³-hybridized carbons (Fsp3) is 0.421. The van der Waals surface area contributed by atoms with E-state index in [-0.39, 0.29) is 30.6 Å². The quantitative estimate of drug-likeness (QED) is 0.859. The Bertz CT molecular complexity index is 796. The number of carbonyl (C=O) groups excluding carboxylic acids is 1. The number of nitrogens with zero attached hydrogens (tertiary/aromatic N) is 2.